The van der Waals surface area contributed by atoms with Crippen molar-refractivity contribution >= 4 is 29.0 Å². The quantitative estimate of drug-likeness (QED) is 0.417. The van der Waals surface area contributed by atoms with Crippen LogP contribution in [0.15, 0.2) is 83.8 Å². The van der Waals surface area contributed by atoms with E-state index in [9.17, 15) is 4.79 Å². The third-order valence-electron chi connectivity index (χ3n) is 3.90. The fraction of sp³-hybridized carbons (Fsp3) is 0.136. The first-order valence-electron chi connectivity index (χ1n) is 8.80. The summed E-state index contributed by atoms with van der Waals surface area (Å²) < 4.78 is 5.77. The number of para-hydroxylation sites is 1. The lowest BCUT2D eigenvalue weighted by Gasteiger charge is -2.15. The molecule has 1 unspecified atom stereocenters. The van der Waals surface area contributed by atoms with E-state index in [0.29, 0.717) is 5.69 Å². The van der Waals surface area contributed by atoms with Gasteiger partial charge >= 0.3 is 0 Å². The van der Waals surface area contributed by atoms with Gasteiger partial charge in [0.05, 0.1) is 5.25 Å². The highest BCUT2D eigenvalue weighted by atomic mass is 32.2. The molecule has 138 valence electrons. The Morgan fingerprint density at radius 2 is 1.70 bits per heavy atom. The Bertz CT molecular complexity index is 882. The van der Waals surface area contributed by atoms with Crippen molar-refractivity contribution in [1.29, 1.82) is 0 Å². The van der Waals surface area contributed by atoms with Crippen LogP contribution in [-0.4, -0.2) is 11.2 Å². The van der Waals surface area contributed by atoms with Crippen LogP contribution < -0.4 is 15.8 Å². The minimum absolute atomic E-state index is 0.0262. The van der Waals surface area contributed by atoms with Gasteiger partial charge in [-0.3, -0.25) is 4.79 Å². The molecule has 0 bridgehead atoms. The van der Waals surface area contributed by atoms with Crippen molar-refractivity contribution in [3.8, 4) is 11.5 Å². The van der Waals surface area contributed by atoms with Crippen LogP contribution in [0.5, 0.6) is 11.5 Å². The van der Waals surface area contributed by atoms with E-state index in [0.717, 1.165) is 28.5 Å². The van der Waals surface area contributed by atoms with Crippen molar-refractivity contribution in [1.82, 2.24) is 0 Å². The number of ether oxygens (including phenoxy) is 1. The fourth-order valence-corrected chi connectivity index (χ4v) is 3.55. The number of thioether (sulfide) groups is 1. The van der Waals surface area contributed by atoms with Crippen molar-refractivity contribution < 1.29 is 9.53 Å². The van der Waals surface area contributed by atoms with E-state index in [-0.39, 0.29) is 11.2 Å². The first kappa shape index (κ1) is 18.9. The minimum Gasteiger partial charge on any atom is -0.457 e. The highest BCUT2D eigenvalue weighted by Crippen LogP contribution is 2.28. The van der Waals surface area contributed by atoms with E-state index in [1.165, 1.54) is 11.8 Å². The predicted molar refractivity (Wildman–Crippen MR) is 112 cm³/mol. The maximum Gasteiger partial charge on any atom is 0.237 e. The van der Waals surface area contributed by atoms with Crippen molar-refractivity contribution in [2.75, 3.05) is 11.1 Å². The number of carbonyl (C=O) groups is 1. The summed E-state index contributed by atoms with van der Waals surface area (Å²) in [5, 5.41) is 2.78. The molecule has 3 aromatic rings. The third-order valence-corrected chi connectivity index (χ3v) is 5.26. The lowest BCUT2D eigenvalue weighted by Crippen LogP contribution is -2.24. The van der Waals surface area contributed by atoms with Gasteiger partial charge in [0.25, 0.3) is 0 Å². The molecule has 1 atom stereocenters. The van der Waals surface area contributed by atoms with Crippen LogP contribution >= 0.6 is 11.8 Å². The Labute approximate surface area is 163 Å². The van der Waals surface area contributed by atoms with Gasteiger partial charge in [0, 0.05) is 16.3 Å². The number of amides is 1. The summed E-state index contributed by atoms with van der Waals surface area (Å²) in [6.07, 6.45) is 0.723. The number of nitrogen functional groups attached to an aromatic ring is 1. The second-order valence-corrected chi connectivity index (χ2v) is 7.29. The zero-order valence-corrected chi connectivity index (χ0v) is 15.9. The molecule has 0 aliphatic carbocycles. The molecular weight excluding hydrogens is 356 g/mol. The number of hydrogen-bond acceptors (Lipinski definition) is 4. The molecule has 0 aliphatic rings. The number of hydrogen-bond donors (Lipinski definition) is 2. The Balaban J connectivity index is 1.60. The molecule has 0 aromatic heterocycles. The lowest BCUT2D eigenvalue weighted by molar-refractivity contribution is -0.115. The summed E-state index contributed by atoms with van der Waals surface area (Å²) in [6, 6.07) is 24.5. The highest BCUT2D eigenvalue weighted by molar-refractivity contribution is 8.00. The lowest BCUT2D eigenvalue weighted by atomic mass is 10.2. The average molecular weight is 378 g/mol. The maximum atomic E-state index is 12.6. The second-order valence-electron chi connectivity index (χ2n) is 6.02. The van der Waals surface area contributed by atoms with E-state index in [4.69, 9.17) is 10.5 Å². The number of benzene rings is 3. The number of nitrogens with two attached hydrogens (primary N) is 1. The Morgan fingerprint density at radius 3 is 2.37 bits per heavy atom. The summed E-state index contributed by atoms with van der Waals surface area (Å²) in [7, 11) is 0. The van der Waals surface area contributed by atoms with Gasteiger partial charge < -0.3 is 15.8 Å². The van der Waals surface area contributed by atoms with Gasteiger partial charge in [-0.05, 0) is 61.0 Å². The molecule has 4 nitrogen and oxygen atoms in total. The van der Waals surface area contributed by atoms with E-state index in [1.807, 2.05) is 85.8 Å². The molecule has 0 spiro atoms. The number of anilines is 2. The van der Waals surface area contributed by atoms with Crippen LogP contribution in [0.3, 0.4) is 0 Å². The molecule has 0 radical (unpaired) electrons. The van der Waals surface area contributed by atoms with Gasteiger partial charge in [-0.15, -0.1) is 11.8 Å². The number of nitrogens with one attached hydrogen (secondary N) is 1. The van der Waals surface area contributed by atoms with E-state index in [2.05, 4.69) is 5.32 Å². The van der Waals surface area contributed by atoms with Crippen molar-refractivity contribution in [3.63, 3.8) is 0 Å². The van der Waals surface area contributed by atoms with E-state index < -0.39 is 0 Å². The zero-order chi connectivity index (χ0) is 19.1. The normalized spacial score (nSPS) is 11.6. The zero-order valence-electron chi connectivity index (χ0n) is 15.1. The van der Waals surface area contributed by atoms with Gasteiger partial charge in [-0.1, -0.05) is 31.2 Å². The minimum atomic E-state index is -0.188. The van der Waals surface area contributed by atoms with E-state index >= 15 is 0 Å². The van der Waals surface area contributed by atoms with Crippen LogP contribution in [-0.2, 0) is 4.79 Å². The fourth-order valence-electron chi connectivity index (χ4n) is 2.53. The second kappa shape index (κ2) is 9.14. The molecule has 0 saturated carbocycles. The molecule has 27 heavy (non-hydrogen) atoms. The van der Waals surface area contributed by atoms with Crippen LogP contribution in [0.2, 0.25) is 0 Å². The Kier molecular flexibility index (Phi) is 6.39. The van der Waals surface area contributed by atoms with Crippen LogP contribution in [0.25, 0.3) is 0 Å². The molecule has 0 saturated heterocycles. The van der Waals surface area contributed by atoms with Gasteiger partial charge in [-0.2, -0.15) is 0 Å². The Hall–Kier alpha value is -2.92. The molecule has 0 heterocycles. The van der Waals surface area contributed by atoms with Gasteiger partial charge in [0.1, 0.15) is 11.5 Å². The van der Waals surface area contributed by atoms with Gasteiger partial charge in [0.2, 0.25) is 5.91 Å². The topological polar surface area (TPSA) is 64.4 Å². The first-order valence-corrected chi connectivity index (χ1v) is 9.68. The molecule has 3 N–H and O–H groups in total. The molecule has 0 fully saturated rings. The number of carbonyl (C=O) groups excluding carboxylic acids is 1. The van der Waals surface area contributed by atoms with Gasteiger partial charge in [0.15, 0.2) is 0 Å². The third kappa shape index (κ3) is 5.53. The molecule has 3 rings (SSSR count). The molecule has 1 amide bonds. The largest absolute Gasteiger partial charge is 0.457 e. The SMILES string of the molecule is CCC(Sc1cccc(N)c1)C(=O)Nc1ccc(Oc2ccccc2)cc1. The van der Waals surface area contributed by atoms with Crippen LogP contribution in [0, 0.1) is 0 Å². The summed E-state index contributed by atoms with van der Waals surface area (Å²) >= 11 is 1.52. The molecule has 0 aliphatic heterocycles. The summed E-state index contributed by atoms with van der Waals surface area (Å²) in [6.45, 7) is 2.00. The highest BCUT2D eigenvalue weighted by Gasteiger charge is 2.18. The maximum absolute atomic E-state index is 12.6. The van der Waals surface area contributed by atoms with E-state index in [1.54, 1.807) is 0 Å². The Morgan fingerprint density at radius 1 is 1.00 bits per heavy atom. The average Bonchev–Trinajstić information content (AvgIpc) is 2.68. The van der Waals surface area contributed by atoms with Crippen LogP contribution in [0.4, 0.5) is 11.4 Å². The number of rotatable bonds is 7. The predicted octanol–water partition coefficient (Wildman–Crippen LogP) is 5.57. The summed E-state index contributed by atoms with van der Waals surface area (Å²) in [4.78, 5) is 13.6. The molecule has 5 heteroatoms. The standard InChI is InChI=1S/C22H22N2O2S/c1-2-21(27-20-10-6-7-16(23)15-20)22(25)24-17-11-13-19(14-12-17)26-18-8-4-3-5-9-18/h3-15,21H,2,23H2,1H3,(H,24,25). The first-order chi connectivity index (χ1) is 13.1. The van der Waals surface area contributed by atoms with Crippen LogP contribution in [0.1, 0.15) is 13.3 Å². The summed E-state index contributed by atoms with van der Waals surface area (Å²) in [5.74, 6) is 1.47. The molecular formula is C22H22N2O2S. The van der Waals surface area contributed by atoms with Crippen molar-refractivity contribution in [3.05, 3.63) is 78.9 Å². The summed E-state index contributed by atoms with van der Waals surface area (Å²) in [5.41, 5.74) is 7.26. The van der Waals surface area contributed by atoms with Crippen molar-refractivity contribution in [2.45, 2.75) is 23.5 Å². The monoisotopic (exact) mass is 378 g/mol. The van der Waals surface area contributed by atoms with Crippen molar-refractivity contribution in [2.24, 2.45) is 0 Å². The molecule has 3 aromatic carbocycles. The van der Waals surface area contributed by atoms with Gasteiger partial charge in [-0.25, -0.2) is 0 Å². The smallest absolute Gasteiger partial charge is 0.237 e.